The van der Waals surface area contributed by atoms with Gasteiger partial charge in [-0.2, -0.15) is 4.31 Å². The first-order chi connectivity index (χ1) is 14.8. The Balaban J connectivity index is 1.91. The van der Waals surface area contributed by atoms with Crippen molar-refractivity contribution in [3.63, 3.8) is 0 Å². The Morgan fingerprint density at radius 2 is 1.74 bits per heavy atom. The monoisotopic (exact) mass is 462 g/mol. The maximum atomic E-state index is 13.9. The molecule has 0 saturated carbocycles. The highest BCUT2D eigenvalue weighted by Gasteiger charge is 2.28. The fraction of sp³-hybridized carbons (Fsp3) is 0.136. The van der Waals surface area contributed by atoms with E-state index in [0.717, 1.165) is 4.31 Å². The number of rotatable bonds is 8. The van der Waals surface area contributed by atoms with Crippen molar-refractivity contribution in [2.24, 2.45) is 0 Å². The highest BCUT2D eigenvalue weighted by atomic mass is 35.5. The number of halogens is 2. The van der Waals surface area contributed by atoms with Crippen molar-refractivity contribution in [3.05, 3.63) is 89.2 Å². The van der Waals surface area contributed by atoms with Gasteiger partial charge in [0.05, 0.1) is 29.3 Å². The summed E-state index contributed by atoms with van der Waals surface area (Å²) in [5.74, 6) is -0.966. The molecule has 0 heterocycles. The summed E-state index contributed by atoms with van der Waals surface area (Å²) in [7, 11) is -2.68. The second-order valence-corrected chi connectivity index (χ2v) is 8.93. The molecule has 0 atom stereocenters. The number of amides is 1. The van der Waals surface area contributed by atoms with Crippen LogP contribution < -0.4 is 10.1 Å². The largest absolute Gasteiger partial charge is 0.495 e. The number of nitrogens with one attached hydrogen (secondary N) is 1. The number of carbonyl (C=O) groups excluding carboxylic acids is 1. The van der Waals surface area contributed by atoms with Gasteiger partial charge in [-0.25, -0.2) is 12.8 Å². The number of para-hydroxylation sites is 1. The average molecular weight is 463 g/mol. The first-order valence-corrected chi connectivity index (χ1v) is 11.0. The van der Waals surface area contributed by atoms with Crippen molar-refractivity contribution in [3.8, 4) is 5.75 Å². The lowest BCUT2D eigenvalue weighted by atomic mass is 10.2. The van der Waals surface area contributed by atoms with E-state index in [-0.39, 0.29) is 22.2 Å². The summed E-state index contributed by atoms with van der Waals surface area (Å²) in [6.07, 6.45) is 0. The molecule has 0 saturated heterocycles. The van der Waals surface area contributed by atoms with Crippen LogP contribution in [0.3, 0.4) is 0 Å². The van der Waals surface area contributed by atoms with Crippen LogP contribution in [-0.4, -0.2) is 32.3 Å². The second kappa shape index (κ2) is 9.91. The summed E-state index contributed by atoms with van der Waals surface area (Å²) in [5.41, 5.74) is 0.654. The highest BCUT2D eigenvalue weighted by Crippen LogP contribution is 2.29. The predicted octanol–water partition coefficient (Wildman–Crippen LogP) is 4.32. The van der Waals surface area contributed by atoms with Gasteiger partial charge in [0.2, 0.25) is 15.9 Å². The molecule has 1 N–H and O–H groups in total. The fourth-order valence-electron chi connectivity index (χ4n) is 2.88. The Hall–Kier alpha value is -2.94. The first-order valence-electron chi connectivity index (χ1n) is 9.23. The number of sulfonamides is 1. The van der Waals surface area contributed by atoms with Crippen molar-refractivity contribution in [2.75, 3.05) is 19.0 Å². The number of ether oxygens (including phenoxy) is 1. The number of nitrogens with zero attached hydrogens (tertiary/aromatic N) is 1. The fourth-order valence-corrected chi connectivity index (χ4v) is 4.62. The van der Waals surface area contributed by atoms with Crippen molar-refractivity contribution in [1.29, 1.82) is 0 Å². The lowest BCUT2D eigenvalue weighted by Gasteiger charge is -2.22. The van der Waals surface area contributed by atoms with Gasteiger partial charge in [0.1, 0.15) is 11.6 Å². The van der Waals surface area contributed by atoms with Gasteiger partial charge in [0, 0.05) is 6.54 Å². The molecule has 1 amide bonds. The molecule has 3 aromatic carbocycles. The van der Waals surface area contributed by atoms with Crippen LogP contribution in [0.15, 0.2) is 77.7 Å². The van der Waals surface area contributed by atoms with Gasteiger partial charge in [0.15, 0.2) is 0 Å². The molecule has 3 rings (SSSR count). The molecule has 31 heavy (non-hydrogen) atoms. The molecule has 0 radical (unpaired) electrons. The quantitative estimate of drug-likeness (QED) is 0.541. The summed E-state index contributed by atoms with van der Waals surface area (Å²) in [6.45, 7) is -0.577. The standard InChI is InChI=1S/C22H20ClFN2O4S/c1-30-21-12-11-17(13-18(21)23)31(28,29)26(14-16-7-3-2-4-8-16)15-22(27)25-20-10-6-5-9-19(20)24/h2-13H,14-15H2,1H3,(H,25,27). The minimum atomic E-state index is -4.11. The number of carbonyl (C=O) groups is 1. The SMILES string of the molecule is COc1ccc(S(=O)(=O)N(CC(=O)Nc2ccccc2F)Cc2ccccc2)cc1Cl. The minimum Gasteiger partial charge on any atom is -0.495 e. The van der Waals surface area contributed by atoms with Crippen molar-refractivity contribution in [1.82, 2.24) is 4.31 Å². The van der Waals surface area contributed by atoms with E-state index in [1.807, 2.05) is 0 Å². The lowest BCUT2D eigenvalue weighted by molar-refractivity contribution is -0.116. The molecule has 0 unspecified atom stereocenters. The topological polar surface area (TPSA) is 75.7 Å². The molecule has 162 valence electrons. The van der Waals surface area contributed by atoms with Crippen LogP contribution in [0.25, 0.3) is 0 Å². The third-order valence-corrected chi connectivity index (χ3v) is 6.51. The van der Waals surface area contributed by atoms with Gasteiger partial charge in [-0.15, -0.1) is 0 Å². The summed E-state index contributed by atoms with van der Waals surface area (Å²) < 4.78 is 46.6. The molecule has 0 fully saturated rings. The third-order valence-electron chi connectivity index (χ3n) is 4.43. The van der Waals surface area contributed by atoms with E-state index in [4.69, 9.17) is 16.3 Å². The lowest BCUT2D eigenvalue weighted by Crippen LogP contribution is -2.37. The average Bonchev–Trinajstić information content (AvgIpc) is 2.75. The smallest absolute Gasteiger partial charge is 0.243 e. The summed E-state index contributed by atoms with van der Waals surface area (Å²) in [6, 6.07) is 18.5. The normalized spacial score (nSPS) is 11.4. The zero-order valence-corrected chi connectivity index (χ0v) is 18.2. The molecule has 0 spiro atoms. The maximum absolute atomic E-state index is 13.9. The number of anilines is 1. The van der Waals surface area contributed by atoms with E-state index in [1.165, 1.54) is 43.5 Å². The van der Waals surface area contributed by atoms with Crippen LogP contribution in [0.2, 0.25) is 5.02 Å². The Morgan fingerprint density at radius 1 is 1.06 bits per heavy atom. The molecule has 0 bridgehead atoms. The maximum Gasteiger partial charge on any atom is 0.243 e. The van der Waals surface area contributed by atoms with Gasteiger partial charge < -0.3 is 10.1 Å². The van der Waals surface area contributed by atoms with Gasteiger partial charge in [-0.3, -0.25) is 4.79 Å². The van der Waals surface area contributed by atoms with E-state index in [0.29, 0.717) is 11.3 Å². The number of benzene rings is 3. The number of hydrogen-bond donors (Lipinski definition) is 1. The van der Waals surface area contributed by atoms with Crippen molar-refractivity contribution < 1.29 is 22.3 Å². The van der Waals surface area contributed by atoms with Crippen LogP contribution in [0.1, 0.15) is 5.56 Å². The van der Waals surface area contributed by atoms with E-state index in [9.17, 15) is 17.6 Å². The number of methoxy groups -OCH3 is 1. The zero-order valence-electron chi connectivity index (χ0n) is 16.6. The molecule has 0 aromatic heterocycles. The molecular formula is C22H20ClFN2O4S. The van der Waals surface area contributed by atoms with E-state index in [1.54, 1.807) is 36.4 Å². The van der Waals surface area contributed by atoms with Gasteiger partial charge in [0.25, 0.3) is 0 Å². The van der Waals surface area contributed by atoms with Gasteiger partial charge in [-0.05, 0) is 35.9 Å². The Bertz CT molecular complexity index is 1170. The molecule has 0 aliphatic carbocycles. The van der Waals surface area contributed by atoms with Gasteiger partial charge in [-0.1, -0.05) is 54.1 Å². The molecule has 6 nitrogen and oxygen atoms in total. The van der Waals surface area contributed by atoms with Crippen LogP contribution in [0, 0.1) is 5.82 Å². The van der Waals surface area contributed by atoms with Crippen LogP contribution in [0.4, 0.5) is 10.1 Å². The Morgan fingerprint density at radius 3 is 2.39 bits per heavy atom. The van der Waals surface area contributed by atoms with Crippen LogP contribution >= 0.6 is 11.6 Å². The van der Waals surface area contributed by atoms with Crippen molar-refractivity contribution in [2.45, 2.75) is 11.4 Å². The summed E-state index contributed by atoms with van der Waals surface area (Å²) in [4.78, 5) is 12.5. The van der Waals surface area contributed by atoms with E-state index < -0.39 is 28.3 Å². The minimum absolute atomic E-state index is 0.0305. The van der Waals surface area contributed by atoms with Crippen LogP contribution in [-0.2, 0) is 21.4 Å². The van der Waals surface area contributed by atoms with Gasteiger partial charge >= 0.3 is 0 Å². The molecule has 0 aliphatic heterocycles. The second-order valence-electron chi connectivity index (χ2n) is 6.58. The predicted molar refractivity (Wildman–Crippen MR) is 117 cm³/mol. The number of hydrogen-bond acceptors (Lipinski definition) is 4. The summed E-state index contributed by atoms with van der Waals surface area (Å²) in [5, 5.41) is 2.54. The molecule has 0 aliphatic rings. The molecule has 3 aromatic rings. The third kappa shape index (κ3) is 5.61. The Kier molecular flexibility index (Phi) is 7.27. The van der Waals surface area contributed by atoms with E-state index in [2.05, 4.69) is 5.32 Å². The molecule has 9 heteroatoms. The van der Waals surface area contributed by atoms with Crippen LogP contribution in [0.5, 0.6) is 5.75 Å². The summed E-state index contributed by atoms with van der Waals surface area (Å²) >= 11 is 6.10. The Labute approximate surface area is 185 Å². The van der Waals surface area contributed by atoms with Crippen molar-refractivity contribution >= 4 is 33.2 Å². The first kappa shape index (κ1) is 22.7. The van der Waals surface area contributed by atoms with E-state index >= 15 is 0 Å². The molecular weight excluding hydrogens is 443 g/mol. The zero-order chi connectivity index (χ0) is 22.4. The highest BCUT2D eigenvalue weighted by molar-refractivity contribution is 7.89.